The summed E-state index contributed by atoms with van der Waals surface area (Å²) < 4.78 is 5.83. The number of hydrogen-bond donors (Lipinski definition) is 3. The molecule has 0 aliphatic carbocycles. The number of hydrogen-bond acceptors (Lipinski definition) is 5. The molecule has 0 atom stereocenters. The van der Waals surface area contributed by atoms with E-state index in [9.17, 15) is 19.8 Å². The Balaban J connectivity index is 2.12. The van der Waals surface area contributed by atoms with Gasteiger partial charge in [-0.3, -0.25) is 14.7 Å². The Hall–Kier alpha value is -3.74. The summed E-state index contributed by atoms with van der Waals surface area (Å²) in [5.74, 6) is -0.689. The molecule has 132 valence electrons. The number of carbonyl (C=O) groups excluding carboxylic acids is 1. The number of aromatic nitrogens is 2. The van der Waals surface area contributed by atoms with Gasteiger partial charge in [0, 0.05) is 0 Å². The molecule has 0 unspecified atom stereocenters. The number of nitrogens with one attached hydrogen (secondary N) is 1. The van der Waals surface area contributed by atoms with Gasteiger partial charge in [-0.1, -0.05) is 24.8 Å². The van der Waals surface area contributed by atoms with Gasteiger partial charge in [-0.15, -0.1) is 0 Å². The van der Waals surface area contributed by atoms with E-state index < -0.39 is 11.5 Å². The fourth-order valence-electron chi connectivity index (χ4n) is 2.51. The molecule has 3 rings (SSSR count). The summed E-state index contributed by atoms with van der Waals surface area (Å²) in [7, 11) is 1.42. The van der Waals surface area contributed by atoms with Crippen LogP contribution in [0.1, 0.15) is 15.9 Å². The molecular weight excluding hydrogens is 336 g/mol. The normalized spacial score (nSPS) is 11.5. The lowest BCUT2D eigenvalue weighted by molar-refractivity contribution is 0.0938. The molecule has 1 aromatic heterocycles. The van der Waals surface area contributed by atoms with Crippen LogP contribution in [-0.4, -0.2) is 33.0 Å². The van der Waals surface area contributed by atoms with Crippen LogP contribution in [0.2, 0.25) is 0 Å². The van der Waals surface area contributed by atoms with Crippen molar-refractivity contribution in [2.24, 2.45) is 0 Å². The largest absolute Gasteiger partial charge is 0.507 e. The lowest BCUT2D eigenvalue weighted by Gasteiger charge is -2.03. The fourth-order valence-corrected chi connectivity index (χ4v) is 2.51. The van der Waals surface area contributed by atoms with E-state index >= 15 is 0 Å². The van der Waals surface area contributed by atoms with Crippen LogP contribution in [0.25, 0.3) is 12.7 Å². The van der Waals surface area contributed by atoms with Gasteiger partial charge in [0.1, 0.15) is 5.75 Å². The zero-order valence-electron chi connectivity index (χ0n) is 13.9. The minimum Gasteiger partial charge on any atom is -0.507 e. The molecule has 0 saturated carbocycles. The number of methoxy groups -OCH3 is 1. The molecule has 3 aromatic rings. The molecule has 0 saturated heterocycles. The Morgan fingerprint density at radius 2 is 1.92 bits per heavy atom. The third kappa shape index (κ3) is 2.98. The van der Waals surface area contributed by atoms with Crippen molar-refractivity contribution in [2.45, 2.75) is 0 Å². The van der Waals surface area contributed by atoms with E-state index in [1.165, 1.54) is 31.4 Å². The third-order valence-electron chi connectivity index (χ3n) is 3.86. The smallest absolute Gasteiger partial charge is 0.283 e. The zero-order valence-corrected chi connectivity index (χ0v) is 13.9. The summed E-state index contributed by atoms with van der Waals surface area (Å²) in [6.45, 7) is 3.75. The van der Waals surface area contributed by atoms with E-state index in [4.69, 9.17) is 4.74 Å². The second-order valence-electron chi connectivity index (χ2n) is 5.54. The van der Waals surface area contributed by atoms with E-state index in [2.05, 4.69) is 11.7 Å². The highest BCUT2D eigenvalue weighted by molar-refractivity contribution is 5.97. The van der Waals surface area contributed by atoms with Crippen molar-refractivity contribution >= 4 is 18.6 Å². The number of carbonyl (C=O) groups is 1. The molecule has 0 radical (unpaired) electrons. The number of nitrogens with zero attached hydrogens (tertiary/aromatic N) is 1. The zero-order chi connectivity index (χ0) is 18.8. The highest BCUT2D eigenvalue weighted by atomic mass is 16.5. The summed E-state index contributed by atoms with van der Waals surface area (Å²) in [6, 6.07) is 10.5. The molecule has 26 heavy (non-hydrogen) atoms. The summed E-state index contributed by atoms with van der Waals surface area (Å²) in [4.78, 5) is 25.1. The van der Waals surface area contributed by atoms with E-state index in [1.54, 1.807) is 24.3 Å². The second kappa shape index (κ2) is 6.64. The van der Waals surface area contributed by atoms with Crippen LogP contribution >= 0.6 is 0 Å². The molecule has 0 amide bonds. The minimum absolute atomic E-state index is 0.00583. The highest BCUT2D eigenvalue weighted by Crippen LogP contribution is 2.26. The number of aromatic amines is 1. The van der Waals surface area contributed by atoms with Gasteiger partial charge in [0.25, 0.3) is 11.5 Å². The number of para-hydroxylation sites is 1. The van der Waals surface area contributed by atoms with Crippen molar-refractivity contribution in [3.8, 4) is 17.2 Å². The summed E-state index contributed by atoms with van der Waals surface area (Å²) >= 11 is 0. The molecule has 3 N–H and O–H groups in total. The predicted molar refractivity (Wildman–Crippen MR) is 95.9 cm³/mol. The fraction of sp³-hybridized carbons (Fsp3) is 0.0526. The maximum Gasteiger partial charge on any atom is 0.283 e. The van der Waals surface area contributed by atoms with Crippen molar-refractivity contribution in [3.63, 3.8) is 0 Å². The molecule has 7 heteroatoms. The summed E-state index contributed by atoms with van der Waals surface area (Å²) in [5, 5.41) is 22.5. The van der Waals surface area contributed by atoms with Gasteiger partial charge in [-0.25, -0.2) is 0 Å². The third-order valence-corrected chi connectivity index (χ3v) is 3.86. The van der Waals surface area contributed by atoms with E-state index in [1.807, 2.05) is 0 Å². The van der Waals surface area contributed by atoms with E-state index in [0.29, 0.717) is 5.56 Å². The summed E-state index contributed by atoms with van der Waals surface area (Å²) in [6.07, 6.45) is 1.53. The molecule has 7 nitrogen and oxygen atoms in total. The first-order chi connectivity index (χ1) is 12.4. The average molecular weight is 352 g/mol. The molecule has 0 fully saturated rings. The number of benzene rings is 2. The Kier molecular flexibility index (Phi) is 4.36. The van der Waals surface area contributed by atoms with E-state index in [0.717, 1.165) is 4.68 Å². The number of phenols is 2. The Bertz CT molecular complexity index is 1160. The minimum atomic E-state index is -0.694. The maximum atomic E-state index is 12.6. The Morgan fingerprint density at radius 3 is 2.62 bits per heavy atom. The van der Waals surface area contributed by atoms with Gasteiger partial charge < -0.3 is 14.9 Å². The number of phenolic OH excluding ortho intramolecular Hbond substituents is 2. The second-order valence-corrected chi connectivity index (χ2v) is 5.54. The van der Waals surface area contributed by atoms with Crippen LogP contribution < -0.4 is 20.9 Å². The van der Waals surface area contributed by atoms with Gasteiger partial charge in [-0.2, -0.15) is 4.68 Å². The van der Waals surface area contributed by atoms with Crippen molar-refractivity contribution < 1.29 is 19.7 Å². The average Bonchev–Trinajstić information content (AvgIpc) is 2.91. The van der Waals surface area contributed by atoms with Crippen LogP contribution in [0.3, 0.4) is 0 Å². The number of rotatable bonds is 3. The van der Waals surface area contributed by atoms with Crippen LogP contribution in [0.5, 0.6) is 17.2 Å². The topological polar surface area (TPSA) is 105 Å². The van der Waals surface area contributed by atoms with Gasteiger partial charge in [-0.05, 0) is 35.9 Å². The number of aromatic hydroxyl groups is 2. The van der Waals surface area contributed by atoms with Gasteiger partial charge in [0.2, 0.25) is 0 Å². The van der Waals surface area contributed by atoms with Crippen molar-refractivity contribution in [1.82, 2.24) is 9.78 Å². The first kappa shape index (κ1) is 17.1. The standard InChI is InChI=1S/C19H16N2O5/c1-11-14(9-12-7-8-16(23)17(10-12)26-2)19(25)21(20-11)18(24)13-5-3-4-6-15(13)22/h3-10,20,22-23H,1H2,2H3/b14-9+. The molecule has 0 aliphatic rings. The first-order valence-corrected chi connectivity index (χ1v) is 7.63. The van der Waals surface area contributed by atoms with Crippen LogP contribution in [0.15, 0.2) is 47.3 Å². The lowest BCUT2D eigenvalue weighted by Crippen LogP contribution is -2.36. The molecule has 1 heterocycles. The maximum absolute atomic E-state index is 12.6. The van der Waals surface area contributed by atoms with Gasteiger partial charge in [0.05, 0.1) is 23.2 Å². The van der Waals surface area contributed by atoms with Crippen LogP contribution in [0, 0.1) is 0 Å². The molecule has 0 spiro atoms. The monoisotopic (exact) mass is 352 g/mol. The molecular formula is C19H16N2O5. The Morgan fingerprint density at radius 1 is 1.19 bits per heavy atom. The van der Waals surface area contributed by atoms with Crippen LogP contribution in [-0.2, 0) is 0 Å². The highest BCUT2D eigenvalue weighted by Gasteiger charge is 2.16. The number of H-pyrrole nitrogens is 1. The van der Waals surface area contributed by atoms with Gasteiger partial charge >= 0.3 is 0 Å². The van der Waals surface area contributed by atoms with Gasteiger partial charge in [0.15, 0.2) is 11.5 Å². The summed E-state index contributed by atoms with van der Waals surface area (Å²) in [5.41, 5.74) is -0.0215. The van der Waals surface area contributed by atoms with E-state index in [-0.39, 0.29) is 33.4 Å². The van der Waals surface area contributed by atoms with Crippen molar-refractivity contribution in [2.75, 3.05) is 7.11 Å². The molecule has 0 aliphatic heterocycles. The SMILES string of the molecule is C=c1[nH]n(C(=O)c2ccccc2O)c(=O)/c1=C/c1ccc(O)c(OC)c1. The van der Waals surface area contributed by atoms with Crippen LogP contribution in [0.4, 0.5) is 0 Å². The first-order valence-electron chi connectivity index (χ1n) is 7.63. The van der Waals surface area contributed by atoms with Crippen molar-refractivity contribution in [3.05, 3.63) is 74.5 Å². The predicted octanol–water partition coefficient (Wildman–Crippen LogP) is 0.524. The Labute approximate surface area is 147 Å². The van der Waals surface area contributed by atoms with Crippen molar-refractivity contribution in [1.29, 1.82) is 0 Å². The quantitative estimate of drug-likeness (QED) is 0.638. The lowest BCUT2D eigenvalue weighted by atomic mass is 10.1. The molecule has 2 aromatic carbocycles. The number of ether oxygens (including phenoxy) is 1. The molecule has 0 bridgehead atoms.